The number of rotatable bonds is 12. The zero-order valence-electron chi connectivity index (χ0n) is 26.2. The molecule has 240 valence electrons. The molecule has 0 aromatic heterocycles. The number of nitrogens with zero attached hydrogens (tertiary/aromatic N) is 2. The minimum Gasteiger partial charge on any atom is -0.352 e. The van der Waals surface area contributed by atoms with Crippen LogP contribution < -0.4 is 9.62 Å². The lowest BCUT2D eigenvalue weighted by Crippen LogP contribution is -2.54. The Balaban J connectivity index is 1.58. The quantitative estimate of drug-likeness (QED) is 0.181. The van der Waals surface area contributed by atoms with Crippen LogP contribution >= 0.6 is 11.6 Å². The summed E-state index contributed by atoms with van der Waals surface area (Å²) >= 11 is 6.47. The second-order valence-electron chi connectivity index (χ2n) is 11.9. The van der Waals surface area contributed by atoms with Crippen LogP contribution in [-0.2, 0) is 32.6 Å². The van der Waals surface area contributed by atoms with Crippen LogP contribution in [0.2, 0.25) is 5.02 Å². The second-order valence-corrected chi connectivity index (χ2v) is 14.2. The van der Waals surface area contributed by atoms with Gasteiger partial charge >= 0.3 is 0 Å². The Labute approximate surface area is 277 Å². The number of nitrogens with one attached hydrogen (secondary N) is 1. The second kappa shape index (κ2) is 15.0. The first-order valence-corrected chi connectivity index (χ1v) is 17.5. The Hall–Kier alpha value is -4.14. The zero-order valence-corrected chi connectivity index (χ0v) is 27.8. The maximum atomic E-state index is 14.7. The van der Waals surface area contributed by atoms with Crippen LogP contribution in [0, 0.1) is 13.8 Å². The fourth-order valence-electron chi connectivity index (χ4n) is 5.88. The summed E-state index contributed by atoms with van der Waals surface area (Å²) in [5.74, 6) is -0.740. The minimum atomic E-state index is -4.19. The van der Waals surface area contributed by atoms with Crippen molar-refractivity contribution in [2.45, 2.75) is 69.5 Å². The molecule has 0 unspecified atom stereocenters. The Morgan fingerprint density at radius 1 is 0.848 bits per heavy atom. The SMILES string of the molecule is Cc1ccc(N(CC(=O)N(Cc2ccccc2C)[C@@H](Cc2ccccc2)C(=O)NC2CCCC2)S(=O)(=O)c2ccccc2)cc1Cl. The normalized spacial score (nSPS) is 14.1. The van der Waals surface area contributed by atoms with Crippen LogP contribution in [0.4, 0.5) is 5.69 Å². The van der Waals surface area contributed by atoms with Crippen molar-refractivity contribution >= 4 is 39.1 Å². The highest BCUT2D eigenvalue weighted by Crippen LogP contribution is 2.29. The number of hydrogen-bond donors (Lipinski definition) is 1. The summed E-state index contributed by atoms with van der Waals surface area (Å²) in [6.07, 6.45) is 4.16. The number of anilines is 1. The number of carbonyl (C=O) groups is 2. The van der Waals surface area contributed by atoms with E-state index >= 15 is 0 Å². The molecule has 1 N–H and O–H groups in total. The highest BCUT2D eigenvalue weighted by atomic mass is 35.5. The monoisotopic (exact) mass is 657 g/mol. The summed E-state index contributed by atoms with van der Waals surface area (Å²) in [7, 11) is -4.19. The highest BCUT2D eigenvalue weighted by Gasteiger charge is 2.35. The molecule has 1 atom stereocenters. The minimum absolute atomic E-state index is 0.0461. The van der Waals surface area contributed by atoms with Crippen LogP contribution in [0.25, 0.3) is 0 Å². The van der Waals surface area contributed by atoms with Crippen molar-refractivity contribution in [2.24, 2.45) is 0 Å². The lowest BCUT2D eigenvalue weighted by Gasteiger charge is -2.34. The van der Waals surface area contributed by atoms with E-state index in [-0.39, 0.29) is 35.5 Å². The first-order chi connectivity index (χ1) is 22.1. The molecule has 9 heteroatoms. The third-order valence-electron chi connectivity index (χ3n) is 8.63. The maximum absolute atomic E-state index is 14.7. The van der Waals surface area contributed by atoms with Gasteiger partial charge in [-0.15, -0.1) is 0 Å². The molecule has 1 aliphatic carbocycles. The van der Waals surface area contributed by atoms with Gasteiger partial charge in [0.15, 0.2) is 0 Å². The number of hydrogen-bond acceptors (Lipinski definition) is 4. The Bertz CT molecular complexity index is 1760. The lowest BCUT2D eigenvalue weighted by molar-refractivity contribution is -0.140. The Morgan fingerprint density at radius 2 is 1.48 bits per heavy atom. The van der Waals surface area contributed by atoms with Gasteiger partial charge in [0.05, 0.1) is 10.6 Å². The van der Waals surface area contributed by atoms with Crippen molar-refractivity contribution in [3.63, 3.8) is 0 Å². The lowest BCUT2D eigenvalue weighted by atomic mass is 10.0. The molecule has 1 aliphatic rings. The molecule has 7 nitrogen and oxygen atoms in total. The molecule has 0 heterocycles. The third-order valence-corrected chi connectivity index (χ3v) is 10.8. The van der Waals surface area contributed by atoms with E-state index in [4.69, 9.17) is 11.6 Å². The van der Waals surface area contributed by atoms with Crippen molar-refractivity contribution < 1.29 is 18.0 Å². The maximum Gasteiger partial charge on any atom is 0.264 e. The van der Waals surface area contributed by atoms with E-state index in [9.17, 15) is 18.0 Å². The van der Waals surface area contributed by atoms with Gasteiger partial charge in [-0.1, -0.05) is 103 Å². The highest BCUT2D eigenvalue weighted by molar-refractivity contribution is 7.92. The van der Waals surface area contributed by atoms with E-state index in [1.807, 2.05) is 68.4 Å². The molecule has 0 saturated heterocycles. The molecular weight excluding hydrogens is 618 g/mol. The van der Waals surface area contributed by atoms with Gasteiger partial charge in [0.1, 0.15) is 12.6 Å². The summed E-state index contributed by atoms with van der Waals surface area (Å²) < 4.78 is 29.4. The molecule has 5 rings (SSSR count). The molecule has 0 radical (unpaired) electrons. The Morgan fingerprint density at radius 3 is 2.13 bits per heavy atom. The molecule has 0 aliphatic heterocycles. The topological polar surface area (TPSA) is 86.8 Å². The first-order valence-electron chi connectivity index (χ1n) is 15.7. The van der Waals surface area contributed by atoms with E-state index in [2.05, 4.69) is 5.32 Å². The van der Waals surface area contributed by atoms with Crippen LogP contribution in [0.3, 0.4) is 0 Å². The fourth-order valence-corrected chi connectivity index (χ4v) is 7.48. The number of carbonyl (C=O) groups excluding carboxylic acids is 2. The molecule has 0 spiro atoms. The molecule has 4 aromatic carbocycles. The van der Waals surface area contributed by atoms with Gasteiger partial charge in [-0.2, -0.15) is 0 Å². The molecule has 0 bridgehead atoms. The predicted molar refractivity (Wildman–Crippen MR) is 183 cm³/mol. The summed E-state index contributed by atoms with van der Waals surface area (Å²) in [4.78, 5) is 30.4. The van der Waals surface area contributed by atoms with Crippen LogP contribution in [0.15, 0.2) is 108 Å². The van der Waals surface area contributed by atoms with Gasteiger partial charge in [-0.05, 0) is 73.2 Å². The van der Waals surface area contributed by atoms with Crippen LogP contribution in [-0.4, -0.2) is 43.8 Å². The van der Waals surface area contributed by atoms with Crippen molar-refractivity contribution in [3.8, 4) is 0 Å². The molecule has 4 aromatic rings. The van der Waals surface area contributed by atoms with E-state index in [0.717, 1.165) is 52.2 Å². The average molecular weight is 658 g/mol. The number of benzene rings is 4. The molecular formula is C37H40ClN3O4S. The van der Waals surface area contributed by atoms with Gasteiger partial charge in [0, 0.05) is 24.0 Å². The zero-order chi connectivity index (χ0) is 32.7. The number of aryl methyl sites for hydroxylation is 2. The smallest absolute Gasteiger partial charge is 0.264 e. The summed E-state index contributed by atoms with van der Waals surface area (Å²) in [6.45, 7) is 3.40. The average Bonchev–Trinajstić information content (AvgIpc) is 3.57. The van der Waals surface area contributed by atoms with Gasteiger partial charge in [-0.25, -0.2) is 8.42 Å². The van der Waals surface area contributed by atoms with Crippen molar-refractivity contribution in [1.82, 2.24) is 10.2 Å². The van der Waals surface area contributed by atoms with Crippen LogP contribution in [0.1, 0.15) is 47.9 Å². The van der Waals surface area contributed by atoms with Crippen molar-refractivity contribution in [1.29, 1.82) is 0 Å². The molecule has 2 amide bonds. The number of sulfonamides is 1. The molecule has 1 saturated carbocycles. The van der Waals surface area contributed by atoms with E-state index in [1.54, 1.807) is 41.3 Å². The summed E-state index contributed by atoms with van der Waals surface area (Å²) in [6, 6.07) is 29.4. The number of halogens is 1. The van der Waals surface area contributed by atoms with E-state index < -0.39 is 28.5 Å². The summed E-state index contributed by atoms with van der Waals surface area (Å²) in [5.41, 5.74) is 3.78. The standard InChI is InChI=1S/C37H40ClN3O4S/c1-27-13-9-10-16-30(27)25-40(35(23-29-14-5-3-6-15-29)37(43)39-31-17-11-12-18-31)36(42)26-41(32-22-21-28(2)34(38)24-32)46(44,45)33-19-7-4-8-20-33/h3-10,13-16,19-22,24,31,35H,11-12,17-18,23,25-26H2,1-2H3,(H,39,43)/t35-/m0/s1. The largest absolute Gasteiger partial charge is 0.352 e. The van der Waals surface area contributed by atoms with Crippen molar-refractivity contribution in [2.75, 3.05) is 10.8 Å². The fraction of sp³-hybridized carbons (Fsp3) is 0.297. The first kappa shape index (κ1) is 33.2. The molecule has 46 heavy (non-hydrogen) atoms. The summed E-state index contributed by atoms with van der Waals surface area (Å²) in [5, 5.41) is 3.59. The van der Waals surface area contributed by atoms with Gasteiger partial charge in [0.2, 0.25) is 11.8 Å². The van der Waals surface area contributed by atoms with Gasteiger partial charge < -0.3 is 10.2 Å². The van der Waals surface area contributed by atoms with Gasteiger partial charge in [-0.3, -0.25) is 13.9 Å². The molecule has 1 fully saturated rings. The van der Waals surface area contributed by atoms with Crippen molar-refractivity contribution in [3.05, 3.63) is 130 Å². The van der Waals surface area contributed by atoms with Crippen LogP contribution in [0.5, 0.6) is 0 Å². The number of amides is 2. The van der Waals surface area contributed by atoms with Gasteiger partial charge in [0.25, 0.3) is 10.0 Å². The van der Waals surface area contributed by atoms with E-state index in [0.29, 0.717) is 5.02 Å². The third kappa shape index (κ3) is 7.98. The van der Waals surface area contributed by atoms with E-state index in [1.165, 1.54) is 12.1 Å². The Kier molecular flexibility index (Phi) is 10.8. The predicted octanol–water partition coefficient (Wildman–Crippen LogP) is 6.85.